The molecule has 2 aliphatic heterocycles. The van der Waals surface area contributed by atoms with Gasteiger partial charge in [-0.05, 0) is 63.6 Å². The molecule has 29 heavy (non-hydrogen) atoms. The summed E-state index contributed by atoms with van der Waals surface area (Å²) in [7, 11) is 1.90. The first kappa shape index (κ1) is 20.3. The average molecular weight is 402 g/mol. The number of hydrogen-bond acceptors (Lipinski definition) is 5. The molecule has 1 aliphatic carbocycles. The van der Waals surface area contributed by atoms with Gasteiger partial charge in [0, 0.05) is 37.9 Å². The summed E-state index contributed by atoms with van der Waals surface area (Å²) in [6.07, 6.45) is 7.89. The van der Waals surface area contributed by atoms with E-state index in [-0.39, 0.29) is 29.7 Å². The van der Waals surface area contributed by atoms with Gasteiger partial charge in [-0.25, -0.2) is 0 Å². The number of likely N-dealkylation sites (tertiary alicyclic amines) is 1. The van der Waals surface area contributed by atoms with E-state index in [2.05, 4.69) is 4.90 Å². The molecule has 1 saturated carbocycles. The third kappa shape index (κ3) is 4.31. The first-order valence-corrected chi connectivity index (χ1v) is 10.8. The number of carbonyl (C=O) groups excluding carboxylic acids is 1. The van der Waals surface area contributed by atoms with Crippen molar-refractivity contribution in [3.8, 4) is 0 Å². The fourth-order valence-corrected chi connectivity index (χ4v) is 5.50. The molecule has 3 fully saturated rings. The van der Waals surface area contributed by atoms with Crippen molar-refractivity contribution < 1.29 is 14.5 Å². The van der Waals surface area contributed by atoms with Crippen LogP contribution in [0.4, 0.5) is 5.69 Å². The molecule has 3 aliphatic rings. The molecule has 0 bridgehead atoms. The van der Waals surface area contributed by atoms with E-state index in [1.807, 2.05) is 11.9 Å². The van der Waals surface area contributed by atoms with Gasteiger partial charge in [-0.3, -0.25) is 19.8 Å². The van der Waals surface area contributed by atoms with E-state index in [9.17, 15) is 14.9 Å². The van der Waals surface area contributed by atoms with E-state index in [0.717, 1.165) is 51.8 Å². The van der Waals surface area contributed by atoms with E-state index in [1.54, 1.807) is 12.1 Å². The van der Waals surface area contributed by atoms with Gasteiger partial charge in [0.1, 0.15) is 0 Å². The van der Waals surface area contributed by atoms with Crippen LogP contribution in [0.25, 0.3) is 0 Å². The lowest BCUT2D eigenvalue weighted by molar-refractivity contribution is -0.384. The molecule has 158 valence electrons. The first-order valence-electron chi connectivity index (χ1n) is 10.8. The van der Waals surface area contributed by atoms with Crippen molar-refractivity contribution >= 4 is 11.6 Å². The molecule has 3 atom stereocenters. The molecule has 0 aromatic heterocycles. The molecule has 1 aromatic carbocycles. The van der Waals surface area contributed by atoms with Crippen LogP contribution in [-0.4, -0.2) is 65.1 Å². The number of nitro benzene ring substituents is 1. The molecule has 0 unspecified atom stereocenters. The van der Waals surface area contributed by atoms with Crippen LogP contribution in [0, 0.1) is 10.1 Å². The standard InChI is InChI=1S/C22H31N3O4/c1-23(21(26)15-17-6-4-7-18(14-17)25(27)28)19-8-10-22(9-5-13-29-22)16-20(19)24-11-2-3-12-24/h4,6-7,14,19-20H,2-3,5,8-13,15-16H2,1H3/t19-,20-,22-/m1/s1. The number of hydrogen-bond donors (Lipinski definition) is 0. The van der Waals surface area contributed by atoms with E-state index < -0.39 is 4.92 Å². The van der Waals surface area contributed by atoms with Crippen LogP contribution in [0.5, 0.6) is 0 Å². The van der Waals surface area contributed by atoms with Gasteiger partial charge in [0.2, 0.25) is 5.91 Å². The average Bonchev–Trinajstić information content (AvgIpc) is 3.40. The first-order chi connectivity index (χ1) is 14.0. The third-order valence-corrected chi connectivity index (χ3v) is 7.08. The molecule has 0 radical (unpaired) electrons. The minimum atomic E-state index is -0.413. The number of amides is 1. The third-order valence-electron chi connectivity index (χ3n) is 7.08. The summed E-state index contributed by atoms with van der Waals surface area (Å²) >= 11 is 0. The monoisotopic (exact) mass is 401 g/mol. The van der Waals surface area contributed by atoms with Gasteiger partial charge < -0.3 is 9.64 Å². The molecular weight excluding hydrogens is 370 g/mol. The van der Waals surface area contributed by atoms with Gasteiger partial charge in [0.25, 0.3) is 5.69 Å². The number of ether oxygens (including phenoxy) is 1. The second-order valence-electron chi connectivity index (χ2n) is 8.86. The number of non-ortho nitro benzene ring substituents is 1. The zero-order valence-electron chi connectivity index (χ0n) is 17.2. The van der Waals surface area contributed by atoms with Crippen LogP contribution in [-0.2, 0) is 16.0 Å². The van der Waals surface area contributed by atoms with Crippen molar-refractivity contribution in [2.45, 2.75) is 69.1 Å². The number of carbonyl (C=O) groups is 1. The Bertz CT molecular complexity index is 756. The lowest BCUT2D eigenvalue weighted by Gasteiger charge is -2.48. The van der Waals surface area contributed by atoms with Crippen LogP contribution in [0.3, 0.4) is 0 Å². The molecule has 1 spiro atoms. The minimum absolute atomic E-state index is 0.00763. The Hall–Kier alpha value is -1.99. The predicted octanol–water partition coefficient (Wildman–Crippen LogP) is 3.16. The highest BCUT2D eigenvalue weighted by atomic mass is 16.6. The molecular formula is C22H31N3O4. The number of benzene rings is 1. The fraction of sp³-hybridized carbons (Fsp3) is 0.682. The molecule has 4 rings (SSSR count). The quantitative estimate of drug-likeness (QED) is 0.560. The number of likely N-dealkylation sites (N-methyl/N-ethyl adjacent to an activating group) is 1. The smallest absolute Gasteiger partial charge is 0.269 e. The molecule has 0 N–H and O–H groups in total. The molecule has 7 nitrogen and oxygen atoms in total. The zero-order valence-corrected chi connectivity index (χ0v) is 17.2. The van der Waals surface area contributed by atoms with Gasteiger partial charge in [-0.1, -0.05) is 12.1 Å². The van der Waals surface area contributed by atoms with E-state index >= 15 is 0 Å². The van der Waals surface area contributed by atoms with Crippen LogP contribution < -0.4 is 0 Å². The predicted molar refractivity (Wildman–Crippen MR) is 110 cm³/mol. The topological polar surface area (TPSA) is 75.9 Å². The SMILES string of the molecule is CN(C(=O)Cc1cccc([N+](=O)[O-])c1)[C@@H]1CC[C@]2(CCCO2)C[C@H]1N1CCCC1. The number of rotatable bonds is 5. The summed E-state index contributed by atoms with van der Waals surface area (Å²) in [5, 5.41) is 11.0. The Balaban J connectivity index is 1.48. The van der Waals surface area contributed by atoms with Crippen LogP contribution in [0.1, 0.15) is 50.5 Å². The van der Waals surface area contributed by atoms with Crippen molar-refractivity contribution in [2.75, 3.05) is 26.7 Å². The van der Waals surface area contributed by atoms with Crippen LogP contribution in [0.2, 0.25) is 0 Å². The summed E-state index contributed by atoms with van der Waals surface area (Å²) in [5.74, 6) is 0.0305. The summed E-state index contributed by atoms with van der Waals surface area (Å²) in [4.78, 5) is 28.2. The van der Waals surface area contributed by atoms with E-state index in [0.29, 0.717) is 11.6 Å². The Labute approximate surface area is 172 Å². The lowest BCUT2D eigenvalue weighted by Crippen LogP contribution is -2.58. The lowest BCUT2D eigenvalue weighted by atomic mass is 9.76. The maximum absolute atomic E-state index is 13.1. The van der Waals surface area contributed by atoms with Crippen molar-refractivity contribution in [2.24, 2.45) is 0 Å². The summed E-state index contributed by atoms with van der Waals surface area (Å²) in [6.45, 7) is 3.06. The highest BCUT2D eigenvalue weighted by Crippen LogP contribution is 2.43. The van der Waals surface area contributed by atoms with Gasteiger partial charge in [0.15, 0.2) is 0 Å². The molecule has 2 heterocycles. The van der Waals surface area contributed by atoms with Crippen molar-refractivity contribution in [3.05, 3.63) is 39.9 Å². The zero-order chi connectivity index (χ0) is 20.4. The molecule has 1 aromatic rings. The summed E-state index contributed by atoms with van der Waals surface area (Å²) < 4.78 is 6.20. The second kappa shape index (κ2) is 8.40. The number of nitrogens with zero attached hydrogens (tertiary/aromatic N) is 3. The highest BCUT2D eigenvalue weighted by molar-refractivity contribution is 5.79. The maximum Gasteiger partial charge on any atom is 0.269 e. The van der Waals surface area contributed by atoms with Gasteiger partial charge >= 0.3 is 0 Å². The van der Waals surface area contributed by atoms with Crippen molar-refractivity contribution in [3.63, 3.8) is 0 Å². The van der Waals surface area contributed by atoms with Gasteiger partial charge in [-0.15, -0.1) is 0 Å². The Morgan fingerprint density at radius 2 is 2.10 bits per heavy atom. The van der Waals surface area contributed by atoms with E-state index in [1.165, 1.54) is 25.0 Å². The molecule has 7 heteroatoms. The summed E-state index contributed by atoms with van der Waals surface area (Å²) in [6, 6.07) is 6.92. The maximum atomic E-state index is 13.1. The normalized spacial score (nSPS) is 30.0. The molecule has 2 saturated heterocycles. The fourth-order valence-electron chi connectivity index (χ4n) is 5.50. The Morgan fingerprint density at radius 3 is 2.79 bits per heavy atom. The van der Waals surface area contributed by atoms with Gasteiger partial charge in [-0.2, -0.15) is 0 Å². The summed E-state index contributed by atoms with van der Waals surface area (Å²) in [5.41, 5.74) is 0.735. The molecule has 1 amide bonds. The van der Waals surface area contributed by atoms with Crippen LogP contribution in [0.15, 0.2) is 24.3 Å². The second-order valence-corrected chi connectivity index (χ2v) is 8.86. The Kier molecular flexibility index (Phi) is 5.88. The largest absolute Gasteiger partial charge is 0.375 e. The van der Waals surface area contributed by atoms with E-state index in [4.69, 9.17) is 4.74 Å². The van der Waals surface area contributed by atoms with Gasteiger partial charge in [0.05, 0.1) is 16.9 Å². The van der Waals surface area contributed by atoms with Crippen molar-refractivity contribution in [1.82, 2.24) is 9.80 Å². The number of nitro groups is 1. The Morgan fingerprint density at radius 1 is 1.31 bits per heavy atom. The highest BCUT2D eigenvalue weighted by Gasteiger charge is 2.47. The van der Waals surface area contributed by atoms with Crippen molar-refractivity contribution in [1.29, 1.82) is 0 Å². The van der Waals surface area contributed by atoms with Crippen LogP contribution >= 0.6 is 0 Å². The minimum Gasteiger partial charge on any atom is -0.375 e.